The number of nitrogens with two attached hydrogens (primary N) is 1. The molecule has 2 N–H and O–H groups in total. The lowest BCUT2D eigenvalue weighted by atomic mass is 9.92. The summed E-state index contributed by atoms with van der Waals surface area (Å²) in [6.07, 6.45) is 3.44. The minimum Gasteiger partial charge on any atom is -0.381 e. The molecule has 2 rings (SSSR count). The van der Waals surface area contributed by atoms with Gasteiger partial charge < -0.3 is 15.2 Å². The van der Waals surface area contributed by atoms with Gasteiger partial charge in [-0.05, 0) is 20.8 Å². The normalized spacial score (nSPS) is 20.2. The van der Waals surface area contributed by atoms with E-state index in [1.165, 1.54) is 0 Å². The fourth-order valence-electron chi connectivity index (χ4n) is 2.55. The van der Waals surface area contributed by atoms with Crippen molar-refractivity contribution in [3.63, 3.8) is 0 Å². The molecule has 1 aromatic heterocycles. The third kappa shape index (κ3) is 2.94. The van der Waals surface area contributed by atoms with Gasteiger partial charge >= 0.3 is 0 Å². The highest BCUT2D eigenvalue weighted by Crippen LogP contribution is 2.34. The number of aromatic nitrogens is 2. The summed E-state index contributed by atoms with van der Waals surface area (Å²) in [6.45, 7) is 7.95. The number of aryl methyl sites for hydroxylation is 1. The van der Waals surface area contributed by atoms with E-state index in [0.29, 0.717) is 19.8 Å². The van der Waals surface area contributed by atoms with Crippen LogP contribution in [0.25, 0.3) is 0 Å². The Bertz CT molecular complexity index is 423. The topological polar surface area (TPSA) is 70.3 Å². The van der Waals surface area contributed by atoms with Crippen molar-refractivity contribution in [3.05, 3.63) is 23.3 Å². The molecule has 2 heterocycles. The Labute approximate surface area is 114 Å². The van der Waals surface area contributed by atoms with Crippen molar-refractivity contribution in [2.24, 2.45) is 5.73 Å². The molecule has 0 unspecified atom stereocenters. The molecule has 0 bridgehead atoms. The second-order valence-corrected chi connectivity index (χ2v) is 5.06. The zero-order chi connectivity index (χ0) is 13.9. The molecular formula is C14H23N3O2. The minimum atomic E-state index is -0.395. The van der Waals surface area contributed by atoms with Crippen LogP contribution in [0, 0.1) is 6.92 Å². The molecule has 0 radical (unpaired) electrons. The molecule has 0 aliphatic carbocycles. The Morgan fingerprint density at radius 3 is 2.68 bits per heavy atom. The van der Waals surface area contributed by atoms with Crippen molar-refractivity contribution in [1.29, 1.82) is 0 Å². The van der Waals surface area contributed by atoms with E-state index >= 15 is 0 Å². The Morgan fingerprint density at radius 2 is 2.16 bits per heavy atom. The van der Waals surface area contributed by atoms with Gasteiger partial charge in [0.05, 0.1) is 0 Å². The number of ether oxygens (including phenoxy) is 2. The van der Waals surface area contributed by atoms with Crippen LogP contribution in [0.3, 0.4) is 0 Å². The highest BCUT2D eigenvalue weighted by atomic mass is 16.5. The number of rotatable bonds is 4. The van der Waals surface area contributed by atoms with Gasteiger partial charge in [0.1, 0.15) is 5.60 Å². The molecule has 19 heavy (non-hydrogen) atoms. The fraction of sp³-hybridized carbons (Fsp3) is 0.714. The maximum absolute atomic E-state index is 5.98. The molecule has 1 aromatic rings. The van der Waals surface area contributed by atoms with Crippen LogP contribution in [0.5, 0.6) is 0 Å². The Morgan fingerprint density at radius 1 is 1.47 bits per heavy atom. The molecule has 0 saturated carbocycles. The molecule has 0 amide bonds. The Hall–Kier alpha value is -1.04. The van der Waals surface area contributed by atoms with Gasteiger partial charge in [0.2, 0.25) is 0 Å². The summed E-state index contributed by atoms with van der Waals surface area (Å²) in [5.41, 5.74) is 7.43. The number of hydrogen-bond donors (Lipinski definition) is 1. The molecule has 106 valence electrons. The lowest BCUT2D eigenvalue weighted by Crippen LogP contribution is -2.38. The summed E-state index contributed by atoms with van der Waals surface area (Å²) < 4.78 is 11.4. The van der Waals surface area contributed by atoms with E-state index in [4.69, 9.17) is 15.2 Å². The Balaban J connectivity index is 2.34. The van der Waals surface area contributed by atoms with E-state index in [0.717, 1.165) is 29.9 Å². The standard InChI is InChI=1S/C14H23N3O2/c1-4-19-14(5-7-18-8-6-14)13-16-9-12(10(2)15)11(3)17-13/h9-10H,4-8,15H2,1-3H3/t10-/m1/s1. The van der Waals surface area contributed by atoms with Crippen LogP contribution in [0.1, 0.15) is 49.8 Å². The third-order valence-corrected chi connectivity index (χ3v) is 3.64. The number of hydrogen-bond acceptors (Lipinski definition) is 5. The first kappa shape index (κ1) is 14.4. The molecule has 0 aromatic carbocycles. The van der Waals surface area contributed by atoms with Crippen molar-refractivity contribution in [2.45, 2.75) is 45.3 Å². The van der Waals surface area contributed by atoms with E-state index in [-0.39, 0.29) is 6.04 Å². The van der Waals surface area contributed by atoms with E-state index < -0.39 is 5.60 Å². The Kier molecular flexibility index (Phi) is 4.50. The van der Waals surface area contributed by atoms with Crippen LogP contribution in [0.2, 0.25) is 0 Å². The first-order chi connectivity index (χ1) is 9.09. The van der Waals surface area contributed by atoms with Gasteiger partial charge in [-0.25, -0.2) is 9.97 Å². The average Bonchev–Trinajstić information content (AvgIpc) is 2.39. The van der Waals surface area contributed by atoms with Gasteiger partial charge in [-0.1, -0.05) is 0 Å². The van der Waals surface area contributed by atoms with Crippen LogP contribution < -0.4 is 5.73 Å². The maximum atomic E-state index is 5.98. The molecule has 1 aliphatic rings. The molecule has 1 saturated heterocycles. The van der Waals surface area contributed by atoms with Crippen molar-refractivity contribution < 1.29 is 9.47 Å². The SMILES string of the molecule is CCOC1(c2ncc([C@@H](C)N)c(C)n2)CCOCC1. The highest BCUT2D eigenvalue weighted by molar-refractivity contribution is 5.21. The predicted molar refractivity (Wildman–Crippen MR) is 72.7 cm³/mol. The van der Waals surface area contributed by atoms with Crippen molar-refractivity contribution in [2.75, 3.05) is 19.8 Å². The zero-order valence-corrected chi connectivity index (χ0v) is 12.0. The van der Waals surface area contributed by atoms with Gasteiger partial charge in [-0.15, -0.1) is 0 Å². The van der Waals surface area contributed by atoms with Crippen molar-refractivity contribution in [1.82, 2.24) is 9.97 Å². The molecule has 5 nitrogen and oxygen atoms in total. The molecule has 5 heteroatoms. The first-order valence-electron chi connectivity index (χ1n) is 6.90. The van der Waals surface area contributed by atoms with Gasteiger partial charge in [0.15, 0.2) is 5.82 Å². The summed E-state index contributed by atoms with van der Waals surface area (Å²) in [4.78, 5) is 9.14. The number of nitrogens with zero attached hydrogens (tertiary/aromatic N) is 2. The molecule has 1 atom stereocenters. The van der Waals surface area contributed by atoms with Crippen LogP contribution in [0.4, 0.5) is 0 Å². The summed E-state index contributed by atoms with van der Waals surface area (Å²) in [5.74, 6) is 0.763. The monoisotopic (exact) mass is 265 g/mol. The van der Waals surface area contributed by atoms with Gasteiger partial charge in [-0.2, -0.15) is 0 Å². The summed E-state index contributed by atoms with van der Waals surface area (Å²) in [5, 5.41) is 0. The molecule has 1 fully saturated rings. The largest absolute Gasteiger partial charge is 0.381 e. The molecule has 1 aliphatic heterocycles. The van der Waals surface area contributed by atoms with E-state index in [2.05, 4.69) is 9.97 Å². The van der Waals surface area contributed by atoms with Crippen LogP contribution in [0.15, 0.2) is 6.20 Å². The van der Waals surface area contributed by atoms with Gasteiger partial charge in [0, 0.05) is 56.2 Å². The minimum absolute atomic E-state index is 0.0493. The molecular weight excluding hydrogens is 242 g/mol. The summed E-state index contributed by atoms with van der Waals surface area (Å²) in [7, 11) is 0. The fourth-order valence-corrected chi connectivity index (χ4v) is 2.55. The second kappa shape index (κ2) is 5.94. The molecule has 0 spiro atoms. The van der Waals surface area contributed by atoms with E-state index in [1.807, 2.05) is 27.0 Å². The zero-order valence-electron chi connectivity index (χ0n) is 12.0. The predicted octanol–water partition coefficient (Wildman–Crippen LogP) is 1.85. The van der Waals surface area contributed by atoms with Crippen LogP contribution in [-0.4, -0.2) is 29.8 Å². The highest BCUT2D eigenvalue weighted by Gasteiger charge is 2.38. The summed E-state index contributed by atoms with van der Waals surface area (Å²) in [6, 6.07) is -0.0493. The maximum Gasteiger partial charge on any atom is 0.160 e. The third-order valence-electron chi connectivity index (χ3n) is 3.64. The quantitative estimate of drug-likeness (QED) is 0.899. The lowest BCUT2D eigenvalue weighted by molar-refractivity contribution is -0.118. The van der Waals surface area contributed by atoms with Crippen molar-refractivity contribution >= 4 is 0 Å². The second-order valence-electron chi connectivity index (χ2n) is 5.06. The lowest BCUT2D eigenvalue weighted by Gasteiger charge is -2.35. The van der Waals surface area contributed by atoms with E-state index in [1.54, 1.807) is 0 Å². The van der Waals surface area contributed by atoms with Crippen LogP contribution >= 0.6 is 0 Å². The van der Waals surface area contributed by atoms with Crippen molar-refractivity contribution in [3.8, 4) is 0 Å². The van der Waals surface area contributed by atoms with Crippen LogP contribution in [-0.2, 0) is 15.1 Å². The van der Waals surface area contributed by atoms with E-state index in [9.17, 15) is 0 Å². The van der Waals surface area contributed by atoms with Gasteiger partial charge in [0.25, 0.3) is 0 Å². The average molecular weight is 265 g/mol. The smallest absolute Gasteiger partial charge is 0.160 e. The van der Waals surface area contributed by atoms with Gasteiger partial charge in [-0.3, -0.25) is 0 Å². The summed E-state index contributed by atoms with van der Waals surface area (Å²) >= 11 is 0. The first-order valence-corrected chi connectivity index (χ1v) is 6.90.